The van der Waals surface area contributed by atoms with E-state index < -0.39 is 11.9 Å². The Kier molecular flexibility index (Phi) is 3.91. The lowest BCUT2D eigenvalue weighted by molar-refractivity contribution is -0.134. The summed E-state index contributed by atoms with van der Waals surface area (Å²) in [5, 5.41) is 4.16. The first kappa shape index (κ1) is 16.9. The highest BCUT2D eigenvalue weighted by atomic mass is 32.2. The lowest BCUT2D eigenvalue weighted by Crippen LogP contribution is -2.53. The molecule has 0 bridgehead atoms. The molecule has 2 aliphatic rings. The van der Waals surface area contributed by atoms with Gasteiger partial charge in [0.25, 0.3) is 5.91 Å². The lowest BCUT2D eigenvalue weighted by atomic mass is 10.0. The summed E-state index contributed by atoms with van der Waals surface area (Å²) >= 11 is 1.58. The van der Waals surface area contributed by atoms with Crippen molar-refractivity contribution in [3.63, 3.8) is 0 Å². The van der Waals surface area contributed by atoms with Crippen molar-refractivity contribution in [2.45, 2.75) is 28.7 Å². The van der Waals surface area contributed by atoms with Crippen molar-refractivity contribution in [2.75, 3.05) is 4.90 Å². The Morgan fingerprint density at radius 2 is 1.96 bits per heavy atom. The molecule has 3 heterocycles. The van der Waals surface area contributed by atoms with Gasteiger partial charge in [-0.2, -0.15) is 0 Å². The summed E-state index contributed by atoms with van der Waals surface area (Å²) in [6, 6.07) is 12.7. The number of amides is 3. The number of anilines is 1. The molecule has 3 amide bonds. The van der Waals surface area contributed by atoms with E-state index in [-0.39, 0.29) is 18.2 Å². The molecule has 6 nitrogen and oxygen atoms in total. The van der Waals surface area contributed by atoms with Gasteiger partial charge >= 0.3 is 0 Å². The van der Waals surface area contributed by atoms with Crippen molar-refractivity contribution in [3.05, 3.63) is 60.4 Å². The molecule has 0 saturated carbocycles. The Balaban J connectivity index is 1.61. The molecule has 1 unspecified atom stereocenters. The molecule has 1 fully saturated rings. The number of hydrogen-bond donors (Lipinski definition) is 1. The molecular weight excluding hydrogens is 374 g/mol. The molecule has 1 N–H and O–H groups in total. The number of pyridine rings is 1. The number of nitrogens with one attached hydrogen (secondary N) is 1. The van der Waals surface area contributed by atoms with Gasteiger partial charge in [-0.3, -0.25) is 29.6 Å². The van der Waals surface area contributed by atoms with E-state index in [0.29, 0.717) is 12.0 Å². The smallest absolute Gasteiger partial charge is 0.259 e. The second-order valence-electron chi connectivity index (χ2n) is 6.74. The van der Waals surface area contributed by atoms with Gasteiger partial charge in [0.15, 0.2) is 0 Å². The quantitative estimate of drug-likeness (QED) is 0.696. The van der Waals surface area contributed by atoms with Crippen LogP contribution in [0, 0.1) is 0 Å². The van der Waals surface area contributed by atoms with Crippen molar-refractivity contribution in [3.8, 4) is 0 Å². The Labute approximate surface area is 164 Å². The predicted octanol–water partition coefficient (Wildman–Crippen LogP) is 3.15. The van der Waals surface area contributed by atoms with E-state index in [4.69, 9.17) is 0 Å². The first-order chi connectivity index (χ1) is 13.6. The topological polar surface area (TPSA) is 79.4 Å². The summed E-state index contributed by atoms with van der Waals surface area (Å²) in [4.78, 5) is 44.7. The maximum absolute atomic E-state index is 13.1. The SMILES string of the molecule is O=C1CCC(N2C(=O)c3cccc4c(Sc5cccnc5)ccc2c34)C(=O)N1. The number of imide groups is 1. The fourth-order valence-electron chi connectivity index (χ4n) is 3.84. The van der Waals surface area contributed by atoms with Gasteiger partial charge in [0, 0.05) is 39.6 Å². The van der Waals surface area contributed by atoms with Crippen LogP contribution in [0.4, 0.5) is 5.69 Å². The minimum absolute atomic E-state index is 0.196. The molecule has 1 saturated heterocycles. The Bertz CT molecular complexity index is 1150. The maximum atomic E-state index is 13.1. The van der Waals surface area contributed by atoms with E-state index in [1.807, 2.05) is 36.4 Å². The molecule has 138 valence electrons. The number of hydrogen-bond acceptors (Lipinski definition) is 5. The van der Waals surface area contributed by atoms with Crippen molar-refractivity contribution < 1.29 is 14.4 Å². The molecule has 3 aromatic rings. The Hall–Kier alpha value is -3.19. The first-order valence-corrected chi connectivity index (χ1v) is 9.76. The summed E-state index contributed by atoms with van der Waals surface area (Å²) < 4.78 is 0. The van der Waals surface area contributed by atoms with Crippen LogP contribution < -0.4 is 10.2 Å². The molecular formula is C21H15N3O3S. The van der Waals surface area contributed by atoms with Crippen LogP contribution in [-0.2, 0) is 9.59 Å². The molecule has 1 atom stereocenters. The van der Waals surface area contributed by atoms with Gasteiger partial charge in [0.05, 0.1) is 5.69 Å². The van der Waals surface area contributed by atoms with E-state index in [9.17, 15) is 14.4 Å². The average Bonchev–Trinajstić information content (AvgIpc) is 2.98. The number of aromatic nitrogens is 1. The van der Waals surface area contributed by atoms with Gasteiger partial charge in [0.2, 0.25) is 11.8 Å². The highest BCUT2D eigenvalue weighted by Crippen LogP contribution is 2.44. The second-order valence-corrected chi connectivity index (χ2v) is 7.86. The first-order valence-electron chi connectivity index (χ1n) is 8.94. The third-order valence-corrected chi connectivity index (χ3v) is 6.12. The summed E-state index contributed by atoms with van der Waals surface area (Å²) in [6.45, 7) is 0. The number of carbonyl (C=O) groups is 3. The van der Waals surface area contributed by atoms with Crippen LogP contribution in [0.15, 0.2) is 64.6 Å². The second kappa shape index (κ2) is 6.45. The van der Waals surface area contributed by atoms with E-state index in [1.54, 1.807) is 30.2 Å². The highest BCUT2D eigenvalue weighted by molar-refractivity contribution is 7.99. The van der Waals surface area contributed by atoms with E-state index in [0.717, 1.165) is 26.3 Å². The normalized spacial score (nSPS) is 18.6. The molecule has 2 aromatic carbocycles. The van der Waals surface area contributed by atoms with Gasteiger partial charge in [-0.1, -0.05) is 23.9 Å². The van der Waals surface area contributed by atoms with Crippen molar-refractivity contribution in [1.29, 1.82) is 0 Å². The van der Waals surface area contributed by atoms with Crippen LogP contribution in [0.1, 0.15) is 23.2 Å². The van der Waals surface area contributed by atoms with Crippen LogP contribution >= 0.6 is 11.8 Å². The van der Waals surface area contributed by atoms with Gasteiger partial charge in [-0.25, -0.2) is 0 Å². The van der Waals surface area contributed by atoms with Gasteiger partial charge in [-0.15, -0.1) is 0 Å². The zero-order valence-corrected chi connectivity index (χ0v) is 15.5. The van der Waals surface area contributed by atoms with Gasteiger partial charge < -0.3 is 0 Å². The third-order valence-electron chi connectivity index (χ3n) is 5.07. The fourth-order valence-corrected chi connectivity index (χ4v) is 4.77. The predicted molar refractivity (Wildman–Crippen MR) is 105 cm³/mol. The number of benzene rings is 2. The molecule has 2 aliphatic heterocycles. The zero-order chi connectivity index (χ0) is 19.3. The van der Waals surface area contributed by atoms with Crippen LogP contribution in [-0.4, -0.2) is 28.7 Å². The molecule has 1 aromatic heterocycles. The monoisotopic (exact) mass is 389 g/mol. The van der Waals surface area contributed by atoms with E-state index in [1.165, 1.54) is 4.90 Å². The molecule has 7 heteroatoms. The van der Waals surface area contributed by atoms with Gasteiger partial charge in [-0.05, 0) is 42.1 Å². The largest absolute Gasteiger partial charge is 0.295 e. The number of rotatable bonds is 3. The third kappa shape index (κ3) is 2.58. The molecule has 5 rings (SSSR count). The molecule has 28 heavy (non-hydrogen) atoms. The van der Waals surface area contributed by atoms with Crippen molar-refractivity contribution in [1.82, 2.24) is 10.3 Å². The van der Waals surface area contributed by atoms with Gasteiger partial charge in [0.1, 0.15) is 6.04 Å². The number of piperidine rings is 1. The van der Waals surface area contributed by atoms with Crippen molar-refractivity contribution >= 4 is 45.9 Å². The molecule has 0 radical (unpaired) electrons. The van der Waals surface area contributed by atoms with Crippen LogP contribution in [0.3, 0.4) is 0 Å². The Morgan fingerprint density at radius 1 is 1.07 bits per heavy atom. The number of carbonyl (C=O) groups excluding carboxylic acids is 3. The molecule has 0 aliphatic carbocycles. The number of nitrogens with zero attached hydrogens (tertiary/aromatic N) is 2. The van der Waals surface area contributed by atoms with Crippen LogP contribution in [0.5, 0.6) is 0 Å². The zero-order valence-electron chi connectivity index (χ0n) is 14.7. The minimum Gasteiger partial charge on any atom is -0.295 e. The summed E-state index contributed by atoms with van der Waals surface area (Å²) in [5.41, 5.74) is 1.31. The summed E-state index contributed by atoms with van der Waals surface area (Å²) in [5.74, 6) is -0.906. The van der Waals surface area contributed by atoms with E-state index in [2.05, 4.69) is 10.3 Å². The maximum Gasteiger partial charge on any atom is 0.259 e. The average molecular weight is 389 g/mol. The van der Waals surface area contributed by atoms with Crippen LogP contribution in [0.25, 0.3) is 10.8 Å². The molecule has 0 spiro atoms. The van der Waals surface area contributed by atoms with Crippen molar-refractivity contribution in [2.24, 2.45) is 0 Å². The summed E-state index contributed by atoms with van der Waals surface area (Å²) in [7, 11) is 0. The Morgan fingerprint density at radius 3 is 2.75 bits per heavy atom. The standard InChI is InChI=1S/C21H15N3O3S/c25-18-9-7-16(20(26)23-18)24-15-6-8-17(28-12-3-2-10-22-11-12)13-4-1-5-14(19(13)15)21(24)27/h1-6,8,10-11,16H,7,9H2,(H,23,25,26). The summed E-state index contributed by atoms with van der Waals surface area (Å²) in [6.07, 6.45) is 4.09. The van der Waals surface area contributed by atoms with Crippen LogP contribution in [0.2, 0.25) is 0 Å². The minimum atomic E-state index is -0.669. The van der Waals surface area contributed by atoms with E-state index >= 15 is 0 Å². The fraction of sp³-hybridized carbons (Fsp3) is 0.143. The highest BCUT2D eigenvalue weighted by Gasteiger charge is 2.40. The lowest BCUT2D eigenvalue weighted by Gasteiger charge is -2.30.